The molecule has 4 nitrogen and oxygen atoms in total. The molecule has 0 atom stereocenters. The van der Waals surface area contributed by atoms with Crippen molar-refractivity contribution in [3.63, 3.8) is 0 Å². The maximum absolute atomic E-state index is 10.7. The smallest absolute Gasteiger partial charge is 0.333 e. The van der Waals surface area contributed by atoms with Gasteiger partial charge in [-0.1, -0.05) is 6.58 Å². The van der Waals surface area contributed by atoms with E-state index in [2.05, 4.69) is 6.58 Å². The van der Waals surface area contributed by atoms with Gasteiger partial charge in [0, 0.05) is 12.0 Å². The van der Waals surface area contributed by atoms with E-state index in [1.54, 1.807) is 6.92 Å². The predicted octanol–water partition coefficient (Wildman–Crippen LogP) is 0.371. The van der Waals surface area contributed by atoms with Crippen molar-refractivity contribution >= 4 is 11.9 Å². The molecule has 68 valence electrons. The molecule has 0 aliphatic rings. The van der Waals surface area contributed by atoms with Gasteiger partial charge < -0.3 is 10.5 Å². The van der Waals surface area contributed by atoms with E-state index >= 15 is 0 Å². The Bertz CT molecular complexity index is 198. The zero-order valence-corrected chi connectivity index (χ0v) is 7.13. The molecule has 0 bridgehead atoms. The van der Waals surface area contributed by atoms with Crippen molar-refractivity contribution in [3.05, 3.63) is 12.2 Å². The number of carbonyl (C=O) groups excluding carboxylic acids is 2. The average Bonchev–Trinajstić information content (AvgIpc) is 1.97. The Kier molecular flexibility index (Phi) is 4.76. The molecule has 1 amide bonds. The molecule has 0 saturated heterocycles. The van der Waals surface area contributed by atoms with Crippen LogP contribution in [0.3, 0.4) is 0 Å². The first-order valence-electron chi connectivity index (χ1n) is 3.65. The van der Waals surface area contributed by atoms with Crippen LogP contribution in [0.4, 0.5) is 0 Å². The van der Waals surface area contributed by atoms with Gasteiger partial charge in [0.25, 0.3) is 0 Å². The van der Waals surface area contributed by atoms with E-state index in [9.17, 15) is 9.59 Å². The van der Waals surface area contributed by atoms with Gasteiger partial charge in [0.2, 0.25) is 5.91 Å². The van der Waals surface area contributed by atoms with Gasteiger partial charge in [-0.2, -0.15) is 0 Å². The molecule has 0 spiro atoms. The van der Waals surface area contributed by atoms with Crippen molar-refractivity contribution in [3.8, 4) is 0 Å². The lowest BCUT2D eigenvalue weighted by Gasteiger charge is -2.01. The molecule has 0 unspecified atom stereocenters. The molecule has 0 fully saturated rings. The highest BCUT2D eigenvalue weighted by molar-refractivity contribution is 5.86. The van der Waals surface area contributed by atoms with Gasteiger partial charge in [-0.05, 0) is 13.3 Å². The number of nitrogens with two attached hydrogens (primary N) is 1. The summed E-state index contributed by atoms with van der Waals surface area (Å²) in [5.74, 6) is -0.819. The van der Waals surface area contributed by atoms with Crippen molar-refractivity contribution in [2.75, 3.05) is 6.61 Å². The molecule has 0 aromatic heterocycles. The van der Waals surface area contributed by atoms with Crippen LogP contribution in [0, 0.1) is 0 Å². The van der Waals surface area contributed by atoms with E-state index in [4.69, 9.17) is 10.5 Å². The lowest BCUT2D eigenvalue weighted by atomic mass is 10.3. The minimum absolute atomic E-state index is 0.217. The summed E-state index contributed by atoms with van der Waals surface area (Å²) in [5.41, 5.74) is 5.23. The summed E-state index contributed by atoms with van der Waals surface area (Å²) in [6.45, 7) is 5.19. The summed E-state index contributed by atoms with van der Waals surface area (Å²) in [6, 6.07) is 0. The number of primary amides is 1. The minimum Gasteiger partial charge on any atom is -0.462 e. The summed E-state index contributed by atoms with van der Waals surface area (Å²) >= 11 is 0. The van der Waals surface area contributed by atoms with Gasteiger partial charge in [0.1, 0.15) is 0 Å². The second kappa shape index (κ2) is 5.35. The number of esters is 1. The van der Waals surface area contributed by atoms with Crippen LogP contribution < -0.4 is 5.73 Å². The SMILES string of the molecule is C=C(C)C(=O)OCCCC(N)=O. The lowest BCUT2D eigenvalue weighted by molar-refractivity contribution is -0.139. The highest BCUT2D eigenvalue weighted by Gasteiger charge is 2.02. The first kappa shape index (κ1) is 10.7. The lowest BCUT2D eigenvalue weighted by Crippen LogP contribution is -2.12. The number of ether oxygens (including phenoxy) is 1. The zero-order valence-electron chi connectivity index (χ0n) is 7.13. The second-order valence-electron chi connectivity index (χ2n) is 2.49. The van der Waals surface area contributed by atoms with Crippen LogP contribution in [-0.2, 0) is 14.3 Å². The number of rotatable bonds is 5. The maximum Gasteiger partial charge on any atom is 0.333 e. The summed E-state index contributed by atoms with van der Waals surface area (Å²) in [5, 5.41) is 0. The van der Waals surface area contributed by atoms with Crippen LogP contribution in [0.15, 0.2) is 12.2 Å². The molecule has 0 aromatic rings. The van der Waals surface area contributed by atoms with E-state index < -0.39 is 5.97 Å². The van der Waals surface area contributed by atoms with Crippen molar-refractivity contribution in [1.29, 1.82) is 0 Å². The molecule has 0 rings (SSSR count). The first-order valence-corrected chi connectivity index (χ1v) is 3.65. The van der Waals surface area contributed by atoms with Gasteiger partial charge in [-0.25, -0.2) is 4.79 Å². The molecular weight excluding hydrogens is 158 g/mol. The van der Waals surface area contributed by atoms with Gasteiger partial charge in [-0.3, -0.25) is 4.79 Å². The van der Waals surface area contributed by atoms with Gasteiger partial charge >= 0.3 is 5.97 Å². The van der Waals surface area contributed by atoms with Crippen molar-refractivity contribution in [2.24, 2.45) is 5.73 Å². The van der Waals surface area contributed by atoms with E-state index in [0.29, 0.717) is 12.0 Å². The van der Waals surface area contributed by atoms with Crippen LogP contribution in [0.25, 0.3) is 0 Å². The quantitative estimate of drug-likeness (QED) is 0.369. The third kappa shape index (κ3) is 5.46. The number of hydrogen-bond donors (Lipinski definition) is 1. The molecule has 2 N–H and O–H groups in total. The third-order valence-electron chi connectivity index (χ3n) is 1.15. The normalized spacial score (nSPS) is 9.08. The summed E-state index contributed by atoms with van der Waals surface area (Å²) in [6.07, 6.45) is 0.706. The highest BCUT2D eigenvalue weighted by Crippen LogP contribution is 1.94. The van der Waals surface area contributed by atoms with Crippen molar-refractivity contribution in [1.82, 2.24) is 0 Å². The summed E-state index contributed by atoms with van der Waals surface area (Å²) in [7, 11) is 0. The van der Waals surface area contributed by atoms with Gasteiger partial charge in [-0.15, -0.1) is 0 Å². The fourth-order valence-corrected chi connectivity index (χ4v) is 0.534. The second-order valence-corrected chi connectivity index (χ2v) is 2.49. The molecule has 4 heteroatoms. The van der Waals surface area contributed by atoms with Crippen LogP contribution in [0.5, 0.6) is 0 Å². The molecule has 12 heavy (non-hydrogen) atoms. The zero-order chi connectivity index (χ0) is 9.56. The van der Waals surface area contributed by atoms with Crippen molar-refractivity contribution < 1.29 is 14.3 Å². The fourth-order valence-electron chi connectivity index (χ4n) is 0.534. The standard InChI is InChI=1S/C8H13NO3/c1-6(2)8(11)12-5-3-4-7(9)10/h1,3-5H2,2H3,(H2,9,10). The Morgan fingerprint density at radius 3 is 2.50 bits per heavy atom. The number of hydrogen-bond acceptors (Lipinski definition) is 3. The topological polar surface area (TPSA) is 69.4 Å². The number of carbonyl (C=O) groups is 2. The van der Waals surface area contributed by atoms with Crippen LogP contribution in [0.2, 0.25) is 0 Å². The molecule has 0 aliphatic carbocycles. The van der Waals surface area contributed by atoms with Crippen molar-refractivity contribution in [2.45, 2.75) is 19.8 Å². The van der Waals surface area contributed by atoms with Crippen LogP contribution in [0.1, 0.15) is 19.8 Å². The Morgan fingerprint density at radius 2 is 2.08 bits per heavy atom. The van der Waals surface area contributed by atoms with Gasteiger partial charge in [0.15, 0.2) is 0 Å². The van der Waals surface area contributed by atoms with Crippen LogP contribution >= 0.6 is 0 Å². The molecule has 0 saturated carbocycles. The van der Waals surface area contributed by atoms with E-state index in [1.807, 2.05) is 0 Å². The molecule has 0 aliphatic heterocycles. The maximum atomic E-state index is 10.7. The molecule has 0 radical (unpaired) electrons. The Labute approximate surface area is 71.4 Å². The van der Waals surface area contributed by atoms with E-state index in [0.717, 1.165) is 0 Å². The van der Waals surface area contributed by atoms with E-state index in [-0.39, 0.29) is 18.9 Å². The Balaban J connectivity index is 3.38. The first-order chi connectivity index (χ1) is 5.54. The van der Waals surface area contributed by atoms with Gasteiger partial charge in [0.05, 0.1) is 6.61 Å². The molecule has 0 aromatic carbocycles. The highest BCUT2D eigenvalue weighted by atomic mass is 16.5. The summed E-state index contributed by atoms with van der Waals surface area (Å²) in [4.78, 5) is 21.0. The molecule has 0 heterocycles. The summed E-state index contributed by atoms with van der Waals surface area (Å²) < 4.78 is 4.71. The third-order valence-corrected chi connectivity index (χ3v) is 1.15. The Hall–Kier alpha value is -1.32. The number of amides is 1. The Morgan fingerprint density at radius 1 is 1.50 bits per heavy atom. The monoisotopic (exact) mass is 171 g/mol. The largest absolute Gasteiger partial charge is 0.462 e. The average molecular weight is 171 g/mol. The fraction of sp³-hybridized carbons (Fsp3) is 0.500. The minimum atomic E-state index is -0.431. The van der Waals surface area contributed by atoms with Crippen LogP contribution in [-0.4, -0.2) is 18.5 Å². The van der Waals surface area contributed by atoms with E-state index in [1.165, 1.54) is 0 Å². The molecular formula is C8H13NO3. The predicted molar refractivity (Wildman–Crippen MR) is 44.2 cm³/mol.